The van der Waals surface area contributed by atoms with Crippen LogP contribution < -0.4 is 5.32 Å². The Hall–Kier alpha value is -1.75. The second kappa shape index (κ2) is 4.86. The largest absolute Gasteiger partial charge is 0.368 e. The van der Waals surface area contributed by atoms with Crippen molar-refractivity contribution in [3.05, 3.63) is 24.5 Å². The quantitative estimate of drug-likeness (QED) is 0.889. The summed E-state index contributed by atoms with van der Waals surface area (Å²) in [7, 11) is 4.14. The maximum atomic E-state index is 4.43. The average Bonchev–Trinajstić information content (AvgIpc) is 2.36. The van der Waals surface area contributed by atoms with E-state index in [9.17, 15) is 0 Å². The minimum Gasteiger partial charge on any atom is -0.368 e. The monoisotopic (exact) mass is 245 g/mol. The van der Waals surface area contributed by atoms with E-state index in [1.165, 1.54) is 0 Å². The van der Waals surface area contributed by atoms with Crippen molar-refractivity contribution in [1.29, 1.82) is 0 Å². The molecule has 0 amide bonds. The minimum absolute atomic E-state index is 0.0685. The van der Waals surface area contributed by atoms with Crippen LogP contribution in [0.5, 0.6) is 0 Å². The zero-order valence-corrected chi connectivity index (χ0v) is 11.3. The average molecular weight is 245 g/mol. The molecule has 1 N–H and O–H groups in total. The summed E-state index contributed by atoms with van der Waals surface area (Å²) < 4.78 is 0. The van der Waals surface area contributed by atoms with Gasteiger partial charge in [-0.2, -0.15) is 0 Å². The molecule has 5 nitrogen and oxygen atoms in total. The number of hydrogen-bond acceptors (Lipinski definition) is 5. The Labute approximate surface area is 107 Å². The Morgan fingerprint density at radius 1 is 1.17 bits per heavy atom. The Bertz CT molecular complexity index is 536. The van der Waals surface area contributed by atoms with Crippen LogP contribution in [0, 0.1) is 0 Å². The normalized spacial score (nSPS) is 12.1. The van der Waals surface area contributed by atoms with Gasteiger partial charge in [-0.3, -0.25) is 4.98 Å². The highest BCUT2D eigenvalue weighted by Gasteiger charge is 2.19. The lowest BCUT2D eigenvalue weighted by molar-refractivity contribution is 0.210. The van der Waals surface area contributed by atoms with Gasteiger partial charge >= 0.3 is 0 Å². The first-order valence-electron chi connectivity index (χ1n) is 5.98. The molecule has 2 heterocycles. The third kappa shape index (κ3) is 2.73. The van der Waals surface area contributed by atoms with Crippen molar-refractivity contribution < 1.29 is 0 Å². The first kappa shape index (κ1) is 12.7. The van der Waals surface area contributed by atoms with Crippen molar-refractivity contribution >= 4 is 17.0 Å². The van der Waals surface area contributed by atoms with E-state index in [0.717, 1.165) is 17.9 Å². The molecule has 0 aromatic carbocycles. The fourth-order valence-corrected chi connectivity index (χ4v) is 1.42. The fourth-order valence-electron chi connectivity index (χ4n) is 1.42. The van der Waals surface area contributed by atoms with Gasteiger partial charge in [-0.1, -0.05) is 0 Å². The van der Waals surface area contributed by atoms with Crippen molar-refractivity contribution in [2.45, 2.75) is 19.4 Å². The molecule has 2 aromatic heterocycles. The summed E-state index contributed by atoms with van der Waals surface area (Å²) in [5.41, 5.74) is 1.55. The number of hydrogen-bond donors (Lipinski definition) is 1. The number of fused-ring (bicyclic) bond motifs is 1. The summed E-state index contributed by atoms with van der Waals surface area (Å²) in [5, 5.41) is 3.34. The van der Waals surface area contributed by atoms with E-state index in [-0.39, 0.29) is 5.54 Å². The van der Waals surface area contributed by atoms with Crippen molar-refractivity contribution in [3.63, 3.8) is 0 Å². The molecule has 18 heavy (non-hydrogen) atoms. The number of pyridine rings is 1. The van der Waals surface area contributed by atoms with Gasteiger partial charge in [0.05, 0.1) is 0 Å². The molecule has 0 aliphatic heterocycles. The Morgan fingerprint density at radius 3 is 2.61 bits per heavy atom. The first-order chi connectivity index (χ1) is 8.49. The van der Waals surface area contributed by atoms with Gasteiger partial charge in [0.25, 0.3) is 0 Å². The molecule has 0 aliphatic carbocycles. The summed E-state index contributed by atoms with van der Waals surface area (Å²) in [5.74, 6) is 0.831. The number of likely N-dealkylation sites (N-methyl/N-ethyl adjacent to an activating group) is 1. The second-order valence-corrected chi connectivity index (χ2v) is 5.16. The zero-order chi connectivity index (χ0) is 13.2. The SMILES string of the molecule is CN(C)C(C)(C)CNc1ccc2nccnc2n1. The highest BCUT2D eigenvalue weighted by Crippen LogP contribution is 2.14. The van der Waals surface area contributed by atoms with Gasteiger partial charge < -0.3 is 10.2 Å². The second-order valence-electron chi connectivity index (χ2n) is 5.16. The molecule has 0 aliphatic rings. The van der Waals surface area contributed by atoms with Crippen LogP contribution in [0.4, 0.5) is 5.82 Å². The topological polar surface area (TPSA) is 53.9 Å². The van der Waals surface area contributed by atoms with E-state index in [1.54, 1.807) is 12.4 Å². The predicted octanol–water partition coefficient (Wildman–Crippen LogP) is 1.78. The molecular weight excluding hydrogens is 226 g/mol. The summed E-state index contributed by atoms with van der Waals surface area (Å²) in [6.07, 6.45) is 3.33. The molecule has 0 fully saturated rings. The summed E-state index contributed by atoms with van der Waals surface area (Å²) in [6.45, 7) is 5.18. The highest BCUT2D eigenvalue weighted by molar-refractivity contribution is 5.71. The highest BCUT2D eigenvalue weighted by atomic mass is 15.2. The molecule has 0 spiro atoms. The smallest absolute Gasteiger partial charge is 0.180 e. The van der Waals surface area contributed by atoms with E-state index >= 15 is 0 Å². The molecule has 2 rings (SSSR count). The Balaban J connectivity index is 2.13. The van der Waals surface area contributed by atoms with Crippen molar-refractivity contribution in [1.82, 2.24) is 19.9 Å². The lowest BCUT2D eigenvalue weighted by Crippen LogP contribution is -2.44. The van der Waals surface area contributed by atoms with Gasteiger partial charge in [0, 0.05) is 24.5 Å². The molecule has 96 valence electrons. The fraction of sp³-hybridized carbons (Fsp3) is 0.462. The third-order valence-corrected chi connectivity index (χ3v) is 3.24. The maximum Gasteiger partial charge on any atom is 0.180 e. The summed E-state index contributed by atoms with van der Waals surface area (Å²) in [4.78, 5) is 15.0. The molecule has 0 saturated heterocycles. The zero-order valence-electron chi connectivity index (χ0n) is 11.3. The number of nitrogens with one attached hydrogen (secondary N) is 1. The molecule has 0 radical (unpaired) electrons. The molecule has 0 bridgehead atoms. The van der Waals surface area contributed by atoms with E-state index in [0.29, 0.717) is 5.65 Å². The minimum atomic E-state index is 0.0685. The van der Waals surface area contributed by atoms with Crippen LogP contribution in [-0.2, 0) is 0 Å². The number of nitrogens with zero attached hydrogens (tertiary/aromatic N) is 4. The molecule has 2 aromatic rings. The van der Waals surface area contributed by atoms with E-state index in [2.05, 4.69) is 53.1 Å². The van der Waals surface area contributed by atoms with Crippen LogP contribution >= 0.6 is 0 Å². The number of aromatic nitrogens is 3. The standard InChI is InChI=1S/C13H19N5/c1-13(2,18(3)4)9-16-11-6-5-10-12(17-11)15-8-7-14-10/h5-8H,9H2,1-4H3,(H,15,16,17). The Kier molecular flexibility index (Phi) is 3.43. The van der Waals surface area contributed by atoms with Crippen LogP contribution in [0.1, 0.15) is 13.8 Å². The van der Waals surface area contributed by atoms with Gasteiger partial charge in [-0.25, -0.2) is 9.97 Å². The molecule has 0 atom stereocenters. The lowest BCUT2D eigenvalue weighted by atomic mass is 10.0. The van der Waals surface area contributed by atoms with Crippen molar-refractivity contribution in [3.8, 4) is 0 Å². The van der Waals surface area contributed by atoms with E-state index in [1.807, 2.05) is 12.1 Å². The van der Waals surface area contributed by atoms with Crippen LogP contribution in [0.25, 0.3) is 11.2 Å². The Morgan fingerprint density at radius 2 is 1.89 bits per heavy atom. The number of anilines is 1. The first-order valence-corrected chi connectivity index (χ1v) is 5.98. The predicted molar refractivity (Wildman–Crippen MR) is 73.6 cm³/mol. The van der Waals surface area contributed by atoms with Gasteiger partial charge in [0.1, 0.15) is 11.3 Å². The van der Waals surface area contributed by atoms with E-state index in [4.69, 9.17) is 0 Å². The van der Waals surface area contributed by atoms with Crippen molar-refractivity contribution in [2.75, 3.05) is 26.0 Å². The van der Waals surface area contributed by atoms with Crippen LogP contribution in [0.3, 0.4) is 0 Å². The van der Waals surface area contributed by atoms with E-state index < -0.39 is 0 Å². The van der Waals surface area contributed by atoms with Gasteiger partial charge in [0.2, 0.25) is 0 Å². The maximum absolute atomic E-state index is 4.43. The molecule has 0 unspecified atom stereocenters. The lowest BCUT2D eigenvalue weighted by Gasteiger charge is -2.32. The van der Waals surface area contributed by atoms with Crippen LogP contribution in [-0.4, -0.2) is 46.0 Å². The van der Waals surface area contributed by atoms with Crippen molar-refractivity contribution in [2.24, 2.45) is 0 Å². The molecule has 0 saturated carbocycles. The van der Waals surface area contributed by atoms with Gasteiger partial charge in [-0.15, -0.1) is 0 Å². The summed E-state index contributed by atoms with van der Waals surface area (Å²) >= 11 is 0. The molecular formula is C13H19N5. The van der Waals surface area contributed by atoms with Crippen LogP contribution in [0.2, 0.25) is 0 Å². The number of rotatable bonds is 4. The molecule has 5 heteroatoms. The third-order valence-electron chi connectivity index (χ3n) is 3.24. The van der Waals surface area contributed by atoms with Gasteiger partial charge in [0.15, 0.2) is 5.65 Å². The van der Waals surface area contributed by atoms with Crippen LogP contribution in [0.15, 0.2) is 24.5 Å². The summed E-state index contributed by atoms with van der Waals surface area (Å²) in [6, 6.07) is 3.86. The van der Waals surface area contributed by atoms with Gasteiger partial charge in [-0.05, 0) is 40.1 Å².